The van der Waals surface area contributed by atoms with Gasteiger partial charge in [0.25, 0.3) is 11.8 Å². The smallest absolute Gasteiger partial charge is 0.259 e. The number of hydrazone groups is 1. The molecule has 0 bridgehead atoms. The quantitative estimate of drug-likeness (QED) is 0.386. The fourth-order valence-electron chi connectivity index (χ4n) is 2.69. The molecular weight excluding hydrogens is 414 g/mol. The van der Waals surface area contributed by atoms with Crippen molar-refractivity contribution in [2.45, 2.75) is 20.8 Å². The molecule has 0 spiro atoms. The lowest BCUT2D eigenvalue weighted by Gasteiger charge is -2.17. The summed E-state index contributed by atoms with van der Waals surface area (Å²) in [6.07, 6.45) is 1.49. The van der Waals surface area contributed by atoms with Crippen LogP contribution in [0.5, 0.6) is 23.0 Å². The predicted octanol–water partition coefficient (Wildman–Crippen LogP) is 2.77. The second kappa shape index (κ2) is 12.8. The number of ether oxygens (including phenoxy) is 4. The molecule has 0 aliphatic heterocycles. The molecule has 9 nitrogen and oxygen atoms in total. The summed E-state index contributed by atoms with van der Waals surface area (Å²) < 4.78 is 21.9. The minimum atomic E-state index is -0.468. The van der Waals surface area contributed by atoms with Crippen molar-refractivity contribution in [3.63, 3.8) is 0 Å². The van der Waals surface area contributed by atoms with Gasteiger partial charge in [0.2, 0.25) is 5.75 Å². The van der Waals surface area contributed by atoms with Crippen LogP contribution in [0.2, 0.25) is 0 Å². The molecule has 0 saturated carbocycles. The monoisotopic (exact) mass is 443 g/mol. The number of carbonyl (C=O) groups excluding carboxylic acids is 2. The Morgan fingerprint density at radius 1 is 0.938 bits per heavy atom. The first-order valence-corrected chi connectivity index (χ1v) is 10.3. The standard InChI is InChI=1S/C23H29N3O6/c1-5-30-19-12-17(13-20(31-6-2)22(19)32-7-3)23(28)24-15-21(27)26-25-14-16-8-10-18(29-4)11-9-16/h8-14H,5-7,15H2,1-4H3,(H,24,28)(H,26,27)/b25-14+. The van der Waals surface area contributed by atoms with Gasteiger partial charge in [-0.1, -0.05) is 0 Å². The molecule has 2 aromatic carbocycles. The summed E-state index contributed by atoms with van der Waals surface area (Å²) in [6.45, 7) is 6.47. The van der Waals surface area contributed by atoms with Gasteiger partial charge in [-0.25, -0.2) is 5.43 Å². The van der Waals surface area contributed by atoms with Gasteiger partial charge >= 0.3 is 0 Å². The first kappa shape index (κ1) is 24.5. The Kier molecular flexibility index (Phi) is 9.83. The molecule has 2 amide bonds. The molecule has 0 saturated heterocycles. The number of benzene rings is 2. The molecule has 172 valence electrons. The highest BCUT2D eigenvalue weighted by Gasteiger charge is 2.18. The lowest BCUT2D eigenvalue weighted by molar-refractivity contribution is -0.120. The van der Waals surface area contributed by atoms with Gasteiger partial charge in [0.1, 0.15) is 5.75 Å². The fourth-order valence-corrected chi connectivity index (χ4v) is 2.69. The van der Waals surface area contributed by atoms with Crippen molar-refractivity contribution in [1.82, 2.24) is 10.7 Å². The Hall–Kier alpha value is -3.75. The van der Waals surface area contributed by atoms with Gasteiger partial charge in [-0.05, 0) is 62.7 Å². The maximum atomic E-state index is 12.6. The highest BCUT2D eigenvalue weighted by Crippen LogP contribution is 2.39. The van der Waals surface area contributed by atoms with E-state index < -0.39 is 11.8 Å². The SMILES string of the molecule is CCOc1cc(C(=O)NCC(=O)N/N=C/c2ccc(OC)cc2)cc(OCC)c1OCC. The highest BCUT2D eigenvalue weighted by atomic mass is 16.5. The number of methoxy groups -OCH3 is 1. The highest BCUT2D eigenvalue weighted by molar-refractivity contribution is 5.97. The van der Waals surface area contributed by atoms with Gasteiger partial charge in [0.05, 0.1) is 39.7 Å². The zero-order valence-corrected chi connectivity index (χ0v) is 18.8. The Morgan fingerprint density at radius 3 is 2.06 bits per heavy atom. The lowest BCUT2D eigenvalue weighted by Crippen LogP contribution is -2.35. The molecule has 0 radical (unpaired) electrons. The largest absolute Gasteiger partial charge is 0.497 e. The molecular formula is C23H29N3O6. The average Bonchev–Trinajstić information content (AvgIpc) is 2.80. The van der Waals surface area contributed by atoms with Crippen LogP contribution in [0.4, 0.5) is 0 Å². The van der Waals surface area contributed by atoms with Crippen molar-refractivity contribution in [3.8, 4) is 23.0 Å². The molecule has 0 aliphatic rings. The van der Waals surface area contributed by atoms with E-state index in [-0.39, 0.29) is 12.1 Å². The molecule has 0 atom stereocenters. The van der Waals surface area contributed by atoms with E-state index in [9.17, 15) is 9.59 Å². The van der Waals surface area contributed by atoms with E-state index in [0.717, 1.165) is 11.3 Å². The van der Waals surface area contributed by atoms with E-state index in [1.54, 1.807) is 43.5 Å². The lowest BCUT2D eigenvalue weighted by atomic mass is 10.1. The summed E-state index contributed by atoms with van der Waals surface area (Å²) in [5.41, 5.74) is 3.45. The van der Waals surface area contributed by atoms with Gasteiger partial charge in [-0.3, -0.25) is 9.59 Å². The normalized spacial score (nSPS) is 10.5. The molecule has 0 aliphatic carbocycles. The van der Waals surface area contributed by atoms with Gasteiger partial charge < -0.3 is 24.3 Å². The van der Waals surface area contributed by atoms with E-state index in [1.807, 2.05) is 20.8 Å². The summed E-state index contributed by atoms with van der Waals surface area (Å²) in [7, 11) is 1.58. The van der Waals surface area contributed by atoms with Crippen LogP contribution >= 0.6 is 0 Å². The number of rotatable bonds is 12. The van der Waals surface area contributed by atoms with Crippen LogP contribution in [0.1, 0.15) is 36.7 Å². The molecule has 0 heterocycles. The third kappa shape index (κ3) is 7.19. The van der Waals surface area contributed by atoms with Crippen LogP contribution in [-0.2, 0) is 4.79 Å². The number of nitrogens with one attached hydrogen (secondary N) is 2. The van der Waals surface area contributed by atoms with Crippen molar-refractivity contribution in [2.75, 3.05) is 33.5 Å². The van der Waals surface area contributed by atoms with Crippen molar-refractivity contribution in [2.24, 2.45) is 5.10 Å². The minimum Gasteiger partial charge on any atom is -0.497 e. The van der Waals surface area contributed by atoms with E-state index in [0.29, 0.717) is 37.1 Å². The summed E-state index contributed by atoms with van der Waals surface area (Å²) in [4.78, 5) is 24.6. The predicted molar refractivity (Wildman–Crippen MR) is 121 cm³/mol. The van der Waals surface area contributed by atoms with Crippen molar-refractivity contribution < 1.29 is 28.5 Å². The van der Waals surface area contributed by atoms with Gasteiger partial charge in [-0.2, -0.15) is 5.10 Å². The Balaban J connectivity index is 1.99. The topological polar surface area (TPSA) is 107 Å². The van der Waals surface area contributed by atoms with E-state index >= 15 is 0 Å². The summed E-state index contributed by atoms with van der Waals surface area (Å²) in [6, 6.07) is 10.3. The van der Waals surface area contributed by atoms with Gasteiger partial charge in [0.15, 0.2) is 11.5 Å². The second-order valence-electron chi connectivity index (χ2n) is 6.35. The Bertz CT molecular complexity index is 901. The van der Waals surface area contributed by atoms with Crippen LogP contribution in [0.15, 0.2) is 41.5 Å². The molecule has 0 unspecified atom stereocenters. The third-order valence-electron chi connectivity index (χ3n) is 4.10. The summed E-state index contributed by atoms with van der Waals surface area (Å²) in [5.74, 6) is 1.05. The van der Waals surface area contributed by atoms with Crippen molar-refractivity contribution in [1.29, 1.82) is 0 Å². The van der Waals surface area contributed by atoms with Crippen LogP contribution in [0.25, 0.3) is 0 Å². The van der Waals surface area contributed by atoms with Crippen LogP contribution < -0.4 is 29.7 Å². The Morgan fingerprint density at radius 2 is 1.53 bits per heavy atom. The van der Waals surface area contributed by atoms with E-state index in [1.165, 1.54) is 6.21 Å². The number of hydrogen-bond acceptors (Lipinski definition) is 7. The Labute approximate surface area is 187 Å². The van der Waals surface area contributed by atoms with Crippen LogP contribution in [-0.4, -0.2) is 51.5 Å². The molecule has 2 N–H and O–H groups in total. The van der Waals surface area contributed by atoms with Crippen molar-refractivity contribution >= 4 is 18.0 Å². The number of carbonyl (C=O) groups is 2. The summed E-state index contributed by atoms with van der Waals surface area (Å²) in [5, 5.41) is 6.44. The first-order chi connectivity index (χ1) is 15.5. The van der Waals surface area contributed by atoms with E-state index in [2.05, 4.69) is 15.8 Å². The minimum absolute atomic E-state index is 0.250. The maximum absolute atomic E-state index is 12.6. The number of hydrogen-bond donors (Lipinski definition) is 2. The zero-order chi connectivity index (χ0) is 23.3. The number of amides is 2. The average molecular weight is 444 g/mol. The van der Waals surface area contributed by atoms with Gasteiger partial charge in [-0.15, -0.1) is 0 Å². The van der Waals surface area contributed by atoms with Crippen LogP contribution in [0.3, 0.4) is 0 Å². The second-order valence-corrected chi connectivity index (χ2v) is 6.35. The molecule has 9 heteroatoms. The molecule has 2 rings (SSSR count). The van der Waals surface area contributed by atoms with E-state index in [4.69, 9.17) is 18.9 Å². The van der Waals surface area contributed by atoms with Crippen molar-refractivity contribution in [3.05, 3.63) is 47.5 Å². The molecule has 0 fully saturated rings. The fraction of sp³-hybridized carbons (Fsp3) is 0.348. The molecule has 32 heavy (non-hydrogen) atoms. The number of nitrogens with zero attached hydrogens (tertiary/aromatic N) is 1. The molecule has 2 aromatic rings. The summed E-state index contributed by atoms with van der Waals surface area (Å²) >= 11 is 0. The third-order valence-corrected chi connectivity index (χ3v) is 4.10. The zero-order valence-electron chi connectivity index (χ0n) is 18.8. The van der Waals surface area contributed by atoms with Gasteiger partial charge in [0, 0.05) is 5.56 Å². The van der Waals surface area contributed by atoms with Crippen LogP contribution in [0, 0.1) is 0 Å². The maximum Gasteiger partial charge on any atom is 0.259 e. The molecule has 0 aromatic heterocycles. The first-order valence-electron chi connectivity index (χ1n) is 10.3.